The summed E-state index contributed by atoms with van der Waals surface area (Å²) in [5.74, 6) is -0.232. The maximum Gasteiger partial charge on any atom is 0.158 e. The number of phenols is 2. The number of aromatic nitrogens is 1. The lowest BCUT2D eigenvalue weighted by Crippen LogP contribution is -2.12. The average Bonchev–Trinajstić information content (AvgIpc) is 3.27. The molecule has 0 bridgehead atoms. The van der Waals surface area contributed by atoms with Gasteiger partial charge in [0.15, 0.2) is 17.8 Å². The van der Waals surface area contributed by atoms with Gasteiger partial charge in [-0.25, -0.2) is 0 Å². The summed E-state index contributed by atoms with van der Waals surface area (Å²) in [4.78, 5) is 4.10. The monoisotopic (exact) mass is 415 g/mol. The number of ether oxygens (including phenoxy) is 2. The molecule has 1 aliphatic rings. The largest absolute Gasteiger partial charge is 0.504 e. The predicted molar refractivity (Wildman–Crippen MR) is 122 cm³/mol. The van der Waals surface area contributed by atoms with Crippen molar-refractivity contribution in [1.29, 1.82) is 0 Å². The Balaban J connectivity index is 0.00000106. The van der Waals surface area contributed by atoms with Crippen LogP contribution in [0, 0.1) is 0 Å². The van der Waals surface area contributed by atoms with E-state index in [2.05, 4.69) is 23.2 Å². The zero-order valence-corrected chi connectivity index (χ0v) is 18.8. The second-order valence-corrected chi connectivity index (χ2v) is 6.43. The van der Waals surface area contributed by atoms with Crippen molar-refractivity contribution in [2.45, 2.75) is 72.2 Å². The molecule has 0 saturated carbocycles. The average molecular weight is 416 g/mol. The zero-order chi connectivity index (χ0) is 22.2. The summed E-state index contributed by atoms with van der Waals surface area (Å²) in [7, 11) is 0. The van der Waals surface area contributed by atoms with Crippen LogP contribution >= 0.6 is 0 Å². The van der Waals surface area contributed by atoms with Gasteiger partial charge in [-0.3, -0.25) is 4.98 Å². The molecule has 2 aromatic rings. The number of nitrogens with zero attached hydrogens (tertiary/aromatic N) is 1. The Kier molecular flexibility index (Phi) is 13.2. The third-order valence-corrected chi connectivity index (χ3v) is 4.41. The third kappa shape index (κ3) is 8.97. The Bertz CT molecular complexity index is 718. The molecule has 2 atom stereocenters. The molecule has 2 heterocycles. The molecule has 2 N–H and O–H groups in total. The number of hydrogen-bond acceptors (Lipinski definition) is 5. The van der Waals surface area contributed by atoms with Crippen LogP contribution in [0.15, 0.2) is 54.9 Å². The van der Waals surface area contributed by atoms with E-state index in [9.17, 15) is 10.2 Å². The summed E-state index contributed by atoms with van der Waals surface area (Å²) in [6.45, 7) is 8.66. The predicted octanol–water partition coefficient (Wildman–Crippen LogP) is 6.32. The minimum atomic E-state index is -0.199. The van der Waals surface area contributed by atoms with Crippen molar-refractivity contribution in [2.75, 3.05) is 6.61 Å². The molecule has 0 amide bonds. The lowest BCUT2D eigenvalue weighted by Gasteiger charge is -2.15. The number of pyridine rings is 1. The second-order valence-electron chi connectivity index (χ2n) is 6.43. The van der Waals surface area contributed by atoms with E-state index in [4.69, 9.17) is 9.47 Å². The van der Waals surface area contributed by atoms with Crippen molar-refractivity contribution >= 4 is 0 Å². The van der Waals surface area contributed by atoms with Gasteiger partial charge in [0.25, 0.3) is 0 Å². The first-order valence-corrected chi connectivity index (χ1v) is 11.0. The first kappa shape index (κ1) is 25.7. The summed E-state index contributed by atoms with van der Waals surface area (Å²) < 4.78 is 11.7. The minimum Gasteiger partial charge on any atom is -0.504 e. The molecular formula is C25H37NO4. The van der Waals surface area contributed by atoms with Crippen LogP contribution in [0.1, 0.15) is 70.6 Å². The Morgan fingerprint density at radius 2 is 1.87 bits per heavy atom. The van der Waals surface area contributed by atoms with Crippen LogP contribution in [0.3, 0.4) is 0 Å². The van der Waals surface area contributed by atoms with Gasteiger partial charge in [0, 0.05) is 18.8 Å². The van der Waals surface area contributed by atoms with Gasteiger partial charge in [-0.15, -0.1) is 0 Å². The number of phenolic OH excluding ortho intramolecular Hbond substituents is 2. The molecule has 1 aromatic heterocycles. The van der Waals surface area contributed by atoms with Crippen molar-refractivity contribution in [1.82, 2.24) is 4.98 Å². The third-order valence-electron chi connectivity index (χ3n) is 4.41. The van der Waals surface area contributed by atoms with Crippen LogP contribution in [0.2, 0.25) is 0 Å². The highest BCUT2D eigenvalue weighted by molar-refractivity contribution is 5.41. The lowest BCUT2D eigenvalue weighted by molar-refractivity contribution is -0.134. The van der Waals surface area contributed by atoms with Gasteiger partial charge in [-0.2, -0.15) is 0 Å². The number of aromatic hydroxyl groups is 2. The summed E-state index contributed by atoms with van der Waals surface area (Å²) in [6.07, 6.45) is 12.2. The van der Waals surface area contributed by atoms with Crippen LogP contribution in [-0.2, 0) is 15.9 Å². The first-order valence-electron chi connectivity index (χ1n) is 11.0. The number of allylic oxidation sites excluding steroid dienone is 2. The highest BCUT2D eigenvalue weighted by Crippen LogP contribution is 2.36. The summed E-state index contributed by atoms with van der Waals surface area (Å²) in [6, 6.07) is 8.83. The quantitative estimate of drug-likeness (QED) is 0.300. The van der Waals surface area contributed by atoms with Crippen LogP contribution in [-0.4, -0.2) is 28.1 Å². The fraction of sp³-hybridized carbons (Fsp3) is 0.480. The smallest absolute Gasteiger partial charge is 0.158 e. The highest BCUT2D eigenvalue weighted by atomic mass is 16.7. The fourth-order valence-electron chi connectivity index (χ4n) is 2.99. The van der Waals surface area contributed by atoms with Crippen molar-refractivity contribution in [3.63, 3.8) is 0 Å². The van der Waals surface area contributed by atoms with Crippen LogP contribution in [0.25, 0.3) is 0 Å². The van der Waals surface area contributed by atoms with E-state index in [0.29, 0.717) is 6.61 Å². The van der Waals surface area contributed by atoms with Gasteiger partial charge in [-0.1, -0.05) is 52.0 Å². The summed E-state index contributed by atoms with van der Waals surface area (Å²) >= 11 is 0. The van der Waals surface area contributed by atoms with Gasteiger partial charge in [0.1, 0.15) is 0 Å². The topological polar surface area (TPSA) is 71.8 Å². The fourth-order valence-corrected chi connectivity index (χ4v) is 2.99. The summed E-state index contributed by atoms with van der Waals surface area (Å²) in [5.41, 5.74) is 2.08. The van der Waals surface area contributed by atoms with E-state index < -0.39 is 0 Å². The molecule has 166 valence electrons. The molecule has 0 aliphatic carbocycles. The molecule has 0 spiro atoms. The van der Waals surface area contributed by atoms with Crippen LogP contribution in [0.4, 0.5) is 0 Å². The first-order chi connectivity index (χ1) is 14.7. The van der Waals surface area contributed by atoms with E-state index >= 15 is 0 Å². The second kappa shape index (κ2) is 15.5. The van der Waals surface area contributed by atoms with Crippen molar-refractivity contribution in [3.8, 4) is 11.5 Å². The maximum atomic E-state index is 9.60. The molecule has 1 aromatic carbocycles. The van der Waals surface area contributed by atoms with E-state index in [-0.39, 0.29) is 23.9 Å². The van der Waals surface area contributed by atoms with E-state index in [1.165, 1.54) is 11.6 Å². The van der Waals surface area contributed by atoms with Crippen LogP contribution in [0.5, 0.6) is 11.5 Å². The lowest BCUT2D eigenvalue weighted by atomic mass is 10.1. The summed E-state index contributed by atoms with van der Waals surface area (Å²) in [5, 5.41) is 19.0. The molecule has 5 heteroatoms. The molecule has 2 unspecified atom stereocenters. The Hall–Kier alpha value is -2.37. The SMILES string of the molecule is CC.CC.Oc1ccc(C2CCC(OCCCC=CCc3cccnc3)O2)cc1O. The van der Waals surface area contributed by atoms with E-state index in [1.54, 1.807) is 18.3 Å². The van der Waals surface area contributed by atoms with Gasteiger partial charge >= 0.3 is 0 Å². The van der Waals surface area contributed by atoms with E-state index in [0.717, 1.165) is 37.7 Å². The van der Waals surface area contributed by atoms with Crippen LogP contribution < -0.4 is 0 Å². The van der Waals surface area contributed by atoms with Gasteiger partial charge < -0.3 is 19.7 Å². The Morgan fingerprint density at radius 1 is 1.07 bits per heavy atom. The molecule has 0 radical (unpaired) electrons. The zero-order valence-electron chi connectivity index (χ0n) is 18.8. The van der Waals surface area contributed by atoms with Gasteiger partial charge in [0.2, 0.25) is 0 Å². The Labute approximate surface area is 181 Å². The van der Waals surface area contributed by atoms with Crippen molar-refractivity contribution in [2.24, 2.45) is 0 Å². The number of rotatable bonds is 8. The number of benzene rings is 1. The van der Waals surface area contributed by atoms with E-state index in [1.807, 2.05) is 40.0 Å². The molecule has 30 heavy (non-hydrogen) atoms. The van der Waals surface area contributed by atoms with Crippen molar-refractivity contribution in [3.05, 3.63) is 66.0 Å². The highest BCUT2D eigenvalue weighted by Gasteiger charge is 2.27. The molecular weight excluding hydrogens is 378 g/mol. The van der Waals surface area contributed by atoms with Gasteiger partial charge in [-0.05, 0) is 55.0 Å². The Morgan fingerprint density at radius 3 is 2.57 bits per heavy atom. The number of hydrogen-bond donors (Lipinski definition) is 2. The molecule has 3 rings (SSSR count). The molecule has 1 aliphatic heterocycles. The minimum absolute atomic E-state index is 0.0918. The van der Waals surface area contributed by atoms with Gasteiger partial charge in [0.05, 0.1) is 12.7 Å². The normalized spacial score (nSPS) is 17.7. The molecule has 5 nitrogen and oxygen atoms in total. The molecule has 1 saturated heterocycles. The standard InChI is InChI=1S/C21H25NO4.2C2H6/c23-18-9-8-17(14-19(18)24)20-10-11-21(26-20)25-13-4-2-1-3-6-16-7-5-12-22-15-16;2*1-2/h1,3,5,7-9,12,14-15,20-21,23-24H,2,4,6,10-11,13H2;2*1-2H3. The van der Waals surface area contributed by atoms with Crippen molar-refractivity contribution < 1.29 is 19.7 Å². The number of unbranched alkanes of at least 4 members (excludes halogenated alkanes) is 1. The maximum absolute atomic E-state index is 9.60. The molecule has 1 fully saturated rings.